The number of hydrogen-bond donors (Lipinski definition) is 3. The molecule has 9 heteroatoms. The molecule has 0 amide bonds. The van der Waals surface area contributed by atoms with Gasteiger partial charge in [0.25, 0.3) is 0 Å². The third-order valence-electron chi connectivity index (χ3n) is 5.63. The van der Waals surface area contributed by atoms with Crippen LogP contribution in [0.2, 0.25) is 0 Å². The first-order valence-electron chi connectivity index (χ1n) is 10.9. The summed E-state index contributed by atoms with van der Waals surface area (Å²) in [6.45, 7) is 2.77. The molecule has 3 aromatic rings. The smallest absolute Gasteiger partial charge is 0.189 e. The number of carbonyl (C=O) groups is 1. The summed E-state index contributed by atoms with van der Waals surface area (Å²) in [5, 5.41) is 9.13. The highest BCUT2D eigenvalue weighted by atomic mass is 16.5. The molecule has 172 valence electrons. The fourth-order valence-corrected chi connectivity index (χ4v) is 3.85. The number of nitrogens with zero attached hydrogens (tertiary/aromatic N) is 4. The van der Waals surface area contributed by atoms with E-state index in [4.69, 9.17) is 21.3 Å². The summed E-state index contributed by atoms with van der Waals surface area (Å²) in [5.74, 6) is -0.110. The Labute approximate surface area is 192 Å². The van der Waals surface area contributed by atoms with Crippen molar-refractivity contribution >= 4 is 17.3 Å². The number of carbonyl (C=O) groups excluding carboxylic acids is 1. The topological polar surface area (TPSA) is 140 Å². The van der Waals surface area contributed by atoms with E-state index in [-0.39, 0.29) is 36.4 Å². The number of rotatable bonds is 8. The number of nitrogens with two attached hydrogens (primary N) is 2. The largest absolute Gasteiger partial charge is 0.395 e. The second-order valence-corrected chi connectivity index (χ2v) is 8.04. The number of ketones is 1. The summed E-state index contributed by atoms with van der Waals surface area (Å²) in [6, 6.07) is 9.26. The van der Waals surface area contributed by atoms with Gasteiger partial charge in [0.1, 0.15) is 5.69 Å². The van der Waals surface area contributed by atoms with Crippen LogP contribution in [0.3, 0.4) is 0 Å². The van der Waals surface area contributed by atoms with Crippen LogP contribution in [-0.4, -0.2) is 64.8 Å². The van der Waals surface area contributed by atoms with Gasteiger partial charge in [-0.25, -0.2) is 9.97 Å². The standard InChI is InChI=1S/C24H28N6O3/c25-19(15-31)11-16-1-3-17(4-2-16)20-14-28-24(26)23(29-20)22(32)12-18-13-27-6-5-21(18)30-7-9-33-10-8-30/h1-6,13-14,19,31H,7-12,15,25H2,(H2,26,28)/t19-/m0/s1. The molecule has 33 heavy (non-hydrogen) atoms. The van der Waals surface area contributed by atoms with Crippen LogP contribution in [-0.2, 0) is 17.6 Å². The Morgan fingerprint density at radius 2 is 1.91 bits per heavy atom. The number of ether oxygens (including phenoxy) is 1. The molecule has 5 N–H and O–H groups in total. The maximum absolute atomic E-state index is 13.2. The number of aliphatic hydroxyl groups excluding tert-OH is 1. The Balaban J connectivity index is 1.54. The van der Waals surface area contributed by atoms with E-state index in [0.717, 1.165) is 35.5 Å². The van der Waals surface area contributed by atoms with Crippen LogP contribution in [0, 0.1) is 0 Å². The quantitative estimate of drug-likeness (QED) is 0.434. The van der Waals surface area contributed by atoms with Crippen molar-refractivity contribution in [3.63, 3.8) is 0 Å². The van der Waals surface area contributed by atoms with Gasteiger partial charge in [0.2, 0.25) is 0 Å². The minimum atomic E-state index is -0.300. The number of benzene rings is 1. The van der Waals surface area contributed by atoms with E-state index in [9.17, 15) is 4.79 Å². The van der Waals surface area contributed by atoms with Gasteiger partial charge in [-0.1, -0.05) is 24.3 Å². The first-order valence-corrected chi connectivity index (χ1v) is 10.9. The van der Waals surface area contributed by atoms with Crippen molar-refractivity contribution in [2.24, 2.45) is 5.73 Å². The van der Waals surface area contributed by atoms with Crippen LogP contribution in [0.25, 0.3) is 11.3 Å². The van der Waals surface area contributed by atoms with E-state index in [1.165, 1.54) is 0 Å². The summed E-state index contributed by atoms with van der Waals surface area (Å²) in [6.07, 6.45) is 5.70. The first-order chi connectivity index (χ1) is 16.0. The fraction of sp³-hybridized carbons (Fsp3) is 0.333. The maximum atomic E-state index is 13.2. The Morgan fingerprint density at radius 1 is 1.15 bits per heavy atom. The van der Waals surface area contributed by atoms with E-state index in [1.807, 2.05) is 30.3 Å². The average Bonchev–Trinajstić information content (AvgIpc) is 2.85. The SMILES string of the molecule is Nc1ncc(-c2ccc(C[C@H](N)CO)cc2)nc1C(=O)Cc1cnccc1N1CCOCC1. The van der Waals surface area contributed by atoms with Crippen molar-refractivity contribution in [2.75, 3.05) is 43.5 Å². The first kappa shape index (κ1) is 22.8. The molecule has 1 fully saturated rings. The molecule has 0 bridgehead atoms. The van der Waals surface area contributed by atoms with Crippen molar-refractivity contribution < 1.29 is 14.6 Å². The number of anilines is 2. The Bertz CT molecular complexity index is 1100. The molecule has 0 spiro atoms. The number of hydrogen-bond acceptors (Lipinski definition) is 9. The minimum Gasteiger partial charge on any atom is -0.395 e. The molecule has 9 nitrogen and oxygen atoms in total. The van der Waals surface area contributed by atoms with Gasteiger partial charge in [-0.05, 0) is 18.1 Å². The molecular weight excluding hydrogens is 420 g/mol. The van der Waals surface area contributed by atoms with E-state index < -0.39 is 0 Å². The molecule has 0 saturated carbocycles. The molecule has 4 rings (SSSR count). The minimum absolute atomic E-state index is 0.0686. The lowest BCUT2D eigenvalue weighted by atomic mass is 10.0. The third-order valence-corrected chi connectivity index (χ3v) is 5.63. The van der Waals surface area contributed by atoms with Gasteiger partial charge in [-0.15, -0.1) is 0 Å². The molecule has 1 saturated heterocycles. The second kappa shape index (κ2) is 10.5. The molecular formula is C24H28N6O3. The average molecular weight is 449 g/mol. The number of nitrogen functional groups attached to an aromatic ring is 1. The maximum Gasteiger partial charge on any atom is 0.189 e. The van der Waals surface area contributed by atoms with Crippen molar-refractivity contribution in [1.82, 2.24) is 15.0 Å². The highest BCUT2D eigenvalue weighted by molar-refractivity contribution is 6.00. The molecule has 1 aliphatic rings. The third kappa shape index (κ3) is 5.51. The van der Waals surface area contributed by atoms with Crippen LogP contribution < -0.4 is 16.4 Å². The van der Waals surface area contributed by atoms with Gasteiger partial charge in [0.15, 0.2) is 11.6 Å². The van der Waals surface area contributed by atoms with Gasteiger partial charge in [-0.2, -0.15) is 0 Å². The lowest BCUT2D eigenvalue weighted by molar-refractivity contribution is 0.0988. The summed E-state index contributed by atoms with van der Waals surface area (Å²) in [5.41, 5.74) is 16.2. The molecule has 3 heterocycles. The van der Waals surface area contributed by atoms with E-state index in [0.29, 0.717) is 25.3 Å². The summed E-state index contributed by atoms with van der Waals surface area (Å²) >= 11 is 0. The molecule has 2 aromatic heterocycles. The Kier molecular flexibility index (Phi) is 7.23. The number of aromatic nitrogens is 3. The molecule has 0 aliphatic carbocycles. The van der Waals surface area contributed by atoms with E-state index in [2.05, 4.69) is 19.9 Å². The zero-order valence-corrected chi connectivity index (χ0v) is 18.4. The van der Waals surface area contributed by atoms with Gasteiger partial charge < -0.3 is 26.2 Å². The highest BCUT2D eigenvalue weighted by Gasteiger charge is 2.20. The molecule has 0 unspecified atom stereocenters. The van der Waals surface area contributed by atoms with Crippen LogP contribution in [0.15, 0.2) is 48.9 Å². The van der Waals surface area contributed by atoms with Gasteiger partial charge in [0, 0.05) is 54.8 Å². The Hall–Kier alpha value is -3.40. The number of aliphatic hydroxyl groups is 1. The normalized spacial score (nSPS) is 14.8. The highest BCUT2D eigenvalue weighted by Crippen LogP contribution is 2.24. The predicted molar refractivity (Wildman–Crippen MR) is 126 cm³/mol. The molecule has 0 radical (unpaired) electrons. The van der Waals surface area contributed by atoms with Crippen molar-refractivity contribution in [2.45, 2.75) is 18.9 Å². The van der Waals surface area contributed by atoms with Crippen molar-refractivity contribution in [3.8, 4) is 11.3 Å². The van der Waals surface area contributed by atoms with E-state index >= 15 is 0 Å². The lowest BCUT2D eigenvalue weighted by Crippen LogP contribution is -2.37. The van der Waals surface area contributed by atoms with Crippen LogP contribution in [0.4, 0.5) is 11.5 Å². The number of pyridine rings is 1. The van der Waals surface area contributed by atoms with Gasteiger partial charge in [0.05, 0.1) is 31.7 Å². The molecule has 1 atom stereocenters. The van der Waals surface area contributed by atoms with Crippen LogP contribution in [0.5, 0.6) is 0 Å². The number of morpholine rings is 1. The Morgan fingerprint density at radius 3 is 2.64 bits per heavy atom. The molecule has 1 aliphatic heterocycles. The second-order valence-electron chi connectivity index (χ2n) is 8.04. The number of Topliss-reactive ketones (excluding diaryl/α,β-unsaturated/α-hetero) is 1. The van der Waals surface area contributed by atoms with Crippen molar-refractivity contribution in [3.05, 3.63) is 65.7 Å². The predicted octanol–water partition coefficient (Wildman–Crippen LogP) is 1.24. The van der Waals surface area contributed by atoms with Crippen LogP contribution >= 0.6 is 0 Å². The lowest BCUT2D eigenvalue weighted by Gasteiger charge is -2.30. The summed E-state index contributed by atoms with van der Waals surface area (Å²) in [7, 11) is 0. The zero-order valence-electron chi connectivity index (χ0n) is 18.4. The molecule has 1 aromatic carbocycles. The van der Waals surface area contributed by atoms with E-state index in [1.54, 1.807) is 18.6 Å². The van der Waals surface area contributed by atoms with Crippen molar-refractivity contribution in [1.29, 1.82) is 0 Å². The summed E-state index contributed by atoms with van der Waals surface area (Å²) < 4.78 is 5.44. The van der Waals surface area contributed by atoms with Gasteiger partial charge >= 0.3 is 0 Å². The van der Waals surface area contributed by atoms with Gasteiger partial charge in [-0.3, -0.25) is 9.78 Å². The fourth-order valence-electron chi connectivity index (χ4n) is 3.85. The zero-order chi connectivity index (χ0) is 23.2. The monoisotopic (exact) mass is 448 g/mol. The summed E-state index contributed by atoms with van der Waals surface area (Å²) in [4.78, 5) is 28.3. The van der Waals surface area contributed by atoms with Crippen LogP contribution in [0.1, 0.15) is 21.6 Å².